The number of nitrogen functional groups attached to an aromatic ring is 1. The normalized spacial score (nSPS) is 9.88. The number of hydrogen-bond acceptors (Lipinski definition) is 2. The molecule has 0 radical (unpaired) electrons. The van der Waals surface area contributed by atoms with Crippen molar-refractivity contribution in [2.75, 3.05) is 5.73 Å². The second-order valence-electron chi connectivity index (χ2n) is 3.43. The van der Waals surface area contributed by atoms with Crippen molar-refractivity contribution in [2.45, 2.75) is 6.42 Å². The fourth-order valence-corrected chi connectivity index (χ4v) is 1.66. The van der Waals surface area contributed by atoms with Gasteiger partial charge in [0.2, 0.25) is 0 Å². The van der Waals surface area contributed by atoms with Crippen LogP contribution in [0.15, 0.2) is 30.5 Å². The maximum absolute atomic E-state index is 6.07. The number of benzene rings is 1. The van der Waals surface area contributed by atoms with E-state index in [0.29, 0.717) is 5.95 Å². The molecule has 0 aliphatic rings. The molecule has 16 heavy (non-hydrogen) atoms. The summed E-state index contributed by atoms with van der Waals surface area (Å²) < 4.78 is 1.86. The zero-order chi connectivity index (χ0) is 10.8. The van der Waals surface area contributed by atoms with Crippen LogP contribution in [-0.2, 0) is 13.5 Å². The first-order valence-electron chi connectivity index (χ1n) is 4.68. The smallest absolute Gasteiger partial charge is 0.200 e. The molecular formula is C11H14ClN3O. The van der Waals surface area contributed by atoms with E-state index >= 15 is 0 Å². The van der Waals surface area contributed by atoms with E-state index in [0.717, 1.165) is 22.7 Å². The van der Waals surface area contributed by atoms with Crippen molar-refractivity contribution in [2.24, 2.45) is 7.05 Å². The van der Waals surface area contributed by atoms with Gasteiger partial charge in [0.25, 0.3) is 0 Å². The second kappa shape index (κ2) is 5.01. The summed E-state index contributed by atoms with van der Waals surface area (Å²) >= 11 is 6.07. The molecule has 4 nitrogen and oxygen atoms in total. The lowest BCUT2D eigenvalue weighted by molar-refractivity contribution is 0.824. The summed E-state index contributed by atoms with van der Waals surface area (Å²) in [7, 11) is 1.90. The Morgan fingerprint density at radius 3 is 2.62 bits per heavy atom. The number of nitrogens with two attached hydrogens (primary N) is 1. The molecule has 1 aromatic carbocycles. The Morgan fingerprint density at radius 1 is 1.38 bits per heavy atom. The summed E-state index contributed by atoms with van der Waals surface area (Å²) in [5, 5.41) is 0.775. The van der Waals surface area contributed by atoms with Gasteiger partial charge in [-0.3, -0.25) is 0 Å². The van der Waals surface area contributed by atoms with E-state index in [1.165, 1.54) is 0 Å². The minimum absolute atomic E-state index is 0. The van der Waals surface area contributed by atoms with Gasteiger partial charge in [0.05, 0.1) is 6.20 Å². The maximum Gasteiger partial charge on any atom is 0.200 e. The number of aromatic nitrogens is 2. The van der Waals surface area contributed by atoms with Crippen LogP contribution in [-0.4, -0.2) is 15.0 Å². The molecule has 86 valence electrons. The summed E-state index contributed by atoms with van der Waals surface area (Å²) in [4.78, 5) is 4.04. The van der Waals surface area contributed by atoms with Crippen molar-refractivity contribution in [3.63, 3.8) is 0 Å². The number of halogens is 1. The van der Waals surface area contributed by atoms with E-state index < -0.39 is 0 Å². The van der Waals surface area contributed by atoms with E-state index in [4.69, 9.17) is 17.3 Å². The van der Waals surface area contributed by atoms with Crippen LogP contribution in [0.4, 0.5) is 5.95 Å². The number of hydrogen-bond donors (Lipinski definition) is 1. The van der Waals surface area contributed by atoms with Crippen LogP contribution in [0.3, 0.4) is 0 Å². The van der Waals surface area contributed by atoms with Crippen LogP contribution in [0, 0.1) is 0 Å². The highest BCUT2D eigenvalue weighted by atomic mass is 35.5. The second-order valence-corrected chi connectivity index (χ2v) is 3.84. The highest BCUT2D eigenvalue weighted by Crippen LogP contribution is 2.19. The Bertz CT molecular complexity index is 482. The lowest BCUT2D eigenvalue weighted by Crippen LogP contribution is -2.02. The monoisotopic (exact) mass is 239 g/mol. The first kappa shape index (κ1) is 12.5. The average molecular weight is 240 g/mol. The van der Waals surface area contributed by atoms with Crippen molar-refractivity contribution in [3.8, 4) is 0 Å². The van der Waals surface area contributed by atoms with E-state index in [1.54, 1.807) is 6.20 Å². The predicted molar refractivity (Wildman–Crippen MR) is 65.5 cm³/mol. The highest BCUT2D eigenvalue weighted by molar-refractivity contribution is 6.31. The SMILES string of the molecule is Cn1c(Cc2ccccc2Cl)cnc1N.O. The van der Waals surface area contributed by atoms with Gasteiger partial charge >= 0.3 is 0 Å². The van der Waals surface area contributed by atoms with Crippen LogP contribution in [0.5, 0.6) is 0 Å². The average Bonchev–Trinajstić information content (AvgIpc) is 2.53. The third-order valence-electron chi connectivity index (χ3n) is 2.45. The molecule has 0 fully saturated rings. The maximum atomic E-state index is 6.07. The third kappa shape index (κ3) is 2.35. The molecule has 0 saturated carbocycles. The lowest BCUT2D eigenvalue weighted by atomic mass is 10.1. The molecule has 4 N–H and O–H groups in total. The number of nitrogens with zero attached hydrogens (tertiary/aromatic N) is 2. The molecule has 5 heteroatoms. The fraction of sp³-hybridized carbons (Fsp3) is 0.182. The van der Waals surface area contributed by atoms with Gasteiger partial charge in [-0.15, -0.1) is 0 Å². The molecule has 1 aromatic heterocycles. The molecule has 0 bridgehead atoms. The zero-order valence-corrected chi connectivity index (χ0v) is 9.70. The van der Waals surface area contributed by atoms with Crippen LogP contribution < -0.4 is 5.73 Å². The van der Waals surface area contributed by atoms with Crippen molar-refractivity contribution in [1.82, 2.24) is 9.55 Å². The molecule has 0 saturated heterocycles. The first-order valence-corrected chi connectivity index (χ1v) is 5.05. The Hall–Kier alpha value is -1.52. The summed E-state index contributed by atoms with van der Waals surface area (Å²) in [5.74, 6) is 0.525. The van der Waals surface area contributed by atoms with Gasteiger partial charge in [-0.2, -0.15) is 0 Å². The van der Waals surface area contributed by atoms with Crippen molar-refractivity contribution in [3.05, 3.63) is 46.7 Å². The lowest BCUT2D eigenvalue weighted by Gasteiger charge is -2.05. The largest absolute Gasteiger partial charge is 0.412 e. The molecule has 0 aliphatic heterocycles. The highest BCUT2D eigenvalue weighted by Gasteiger charge is 2.06. The summed E-state index contributed by atoms with van der Waals surface area (Å²) in [6, 6.07) is 7.78. The van der Waals surface area contributed by atoms with Crippen LogP contribution in [0.25, 0.3) is 0 Å². The standard InChI is InChI=1S/C11H12ClN3.H2O/c1-15-9(7-14-11(15)13)6-8-4-2-3-5-10(8)12;/h2-5,7H,6H2,1H3,(H2,13,14);1H2. The number of rotatable bonds is 2. The molecule has 2 aromatic rings. The summed E-state index contributed by atoms with van der Waals surface area (Å²) in [6.07, 6.45) is 2.53. The number of anilines is 1. The van der Waals surface area contributed by atoms with E-state index in [9.17, 15) is 0 Å². The Labute approximate surface area is 99.0 Å². The Morgan fingerprint density at radius 2 is 2.06 bits per heavy atom. The van der Waals surface area contributed by atoms with Crippen molar-refractivity contribution in [1.29, 1.82) is 0 Å². The summed E-state index contributed by atoms with van der Waals surface area (Å²) in [6.45, 7) is 0. The predicted octanol–water partition coefficient (Wildman–Crippen LogP) is 1.42. The Kier molecular flexibility index (Phi) is 3.93. The van der Waals surface area contributed by atoms with E-state index in [1.807, 2.05) is 35.9 Å². The molecule has 1 heterocycles. The van der Waals surface area contributed by atoms with Gasteiger partial charge in [0.1, 0.15) is 0 Å². The van der Waals surface area contributed by atoms with E-state index in [2.05, 4.69) is 4.98 Å². The van der Waals surface area contributed by atoms with Crippen molar-refractivity contribution >= 4 is 17.5 Å². The quantitative estimate of drug-likeness (QED) is 0.861. The molecule has 0 atom stereocenters. The number of imidazole rings is 1. The first-order chi connectivity index (χ1) is 7.18. The van der Waals surface area contributed by atoms with Crippen LogP contribution in [0.2, 0.25) is 5.02 Å². The van der Waals surface area contributed by atoms with Gasteiger partial charge in [0.15, 0.2) is 5.95 Å². The minimum Gasteiger partial charge on any atom is -0.412 e. The molecular weight excluding hydrogens is 226 g/mol. The molecule has 0 spiro atoms. The van der Waals surface area contributed by atoms with E-state index in [-0.39, 0.29) is 5.48 Å². The van der Waals surface area contributed by atoms with Gasteiger partial charge in [0, 0.05) is 24.2 Å². The molecule has 2 rings (SSSR count). The molecule has 0 amide bonds. The van der Waals surface area contributed by atoms with Gasteiger partial charge in [-0.25, -0.2) is 4.98 Å². The van der Waals surface area contributed by atoms with Gasteiger partial charge in [-0.05, 0) is 11.6 Å². The molecule has 0 aliphatic carbocycles. The van der Waals surface area contributed by atoms with Gasteiger partial charge in [-0.1, -0.05) is 29.8 Å². The third-order valence-corrected chi connectivity index (χ3v) is 2.82. The minimum atomic E-state index is 0. The molecule has 0 unspecified atom stereocenters. The van der Waals surface area contributed by atoms with Crippen molar-refractivity contribution < 1.29 is 5.48 Å². The fourth-order valence-electron chi connectivity index (χ4n) is 1.46. The zero-order valence-electron chi connectivity index (χ0n) is 8.94. The summed E-state index contributed by atoms with van der Waals surface area (Å²) in [5.41, 5.74) is 7.79. The Balaban J connectivity index is 0.00000128. The topological polar surface area (TPSA) is 75.3 Å². The van der Waals surface area contributed by atoms with Crippen LogP contribution >= 0.6 is 11.6 Å². The van der Waals surface area contributed by atoms with Gasteiger partial charge < -0.3 is 15.8 Å². The van der Waals surface area contributed by atoms with Crippen LogP contribution in [0.1, 0.15) is 11.3 Å².